The van der Waals surface area contributed by atoms with E-state index >= 15 is 0 Å². The third-order valence-corrected chi connectivity index (χ3v) is 4.86. The molecule has 0 unspecified atom stereocenters. The van der Waals surface area contributed by atoms with Gasteiger partial charge in [-0.1, -0.05) is 6.92 Å². The second kappa shape index (κ2) is 9.31. The number of rotatable bonds is 7. The molecule has 144 valence electrons. The number of benzene rings is 2. The fourth-order valence-electron chi connectivity index (χ4n) is 3.27. The third kappa shape index (κ3) is 5.16. The number of nitrogens with zero attached hydrogens (tertiary/aromatic N) is 1. The quantitative estimate of drug-likeness (QED) is 0.783. The summed E-state index contributed by atoms with van der Waals surface area (Å²) in [4.78, 5) is 15.0. The van der Waals surface area contributed by atoms with Gasteiger partial charge in [-0.05, 0) is 74.2 Å². The first-order valence-electron chi connectivity index (χ1n) is 9.66. The highest BCUT2D eigenvalue weighted by Crippen LogP contribution is 2.23. The minimum atomic E-state index is -0.542. The molecular formula is C22H28N2O3. The minimum absolute atomic E-state index is 0.140. The average molecular weight is 368 g/mol. The van der Waals surface area contributed by atoms with Gasteiger partial charge < -0.3 is 19.7 Å². The summed E-state index contributed by atoms with van der Waals surface area (Å²) in [5.74, 6) is 1.27. The Bertz CT molecular complexity index is 722. The number of anilines is 2. The molecule has 0 aromatic heterocycles. The summed E-state index contributed by atoms with van der Waals surface area (Å²) in [6, 6.07) is 15.3. The Balaban J connectivity index is 1.58. The van der Waals surface area contributed by atoms with E-state index in [1.54, 1.807) is 7.11 Å². The lowest BCUT2D eigenvalue weighted by atomic mass is 10.1. The van der Waals surface area contributed by atoms with Crippen LogP contribution in [-0.4, -0.2) is 32.2 Å². The Hall–Kier alpha value is -2.69. The molecule has 1 N–H and O–H groups in total. The molecule has 5 heteroatoms. The Morgan fingerprint density at radius 3 is 2.22 bits per heavy atom. The second-order valence-corrected chi connectivity index (χ2v) is 6.77. The maximum atomic E-state index is 12.6. The van der Waals surface area contributed by atoms with E-state index in [9.17, 15) is 4.79 Å². The van der Waals surface area contributed by atoms with E-state index in [1.165, 1.54) is 24.9 Å². The summed E-state index contributed by atoms with van der Waals surface area (Å²) < 4.78 is 11.0. The van der Waals surface area contributed by atoms with Gasteiger partial charge in [0, 0.05) is 24.5 Å². The zero-order chi connectivity index (χ0) is 19.1. The van der Waals surface area contributed by atoms with Crippen molar-refractivity contribution in [1.29, 1.82) is 0 Å². The van der Waals surface area contributed by atoms with Crippen LogP contribution in [0, 0.1) is 0 Å². The third-order valence-electron chi connectivity index (χ3n) is 4.86. The molecule has 0 aliphatic carbocycles. The van der Waals surface area contributed by atoms with Gasteiger partial charge in [-0.25, -0.2) is 0 Å². The molecule has 1 fully saturated rings. The largest absolute Gasteiger partial charge is 0.497 e. The van der Waals surface area contributed by atoms with Crippen LogP contribution in [0.2, 0.25) is 0 Å². The van der Waals surface area contributed by atoms with Gasteiger partial charge in [-0.3, -0.25) is 4.79 Å². The number of piperidine rings is 1. The van der Waals surface area contributed by atoms with Gasteiger partial charge in [0.25, 0.3) is 5.91 Å². The summed E-state index contributed by atoms with van der Waals surface area (Å²) in [7, 11) is 1.62. The molecular weight excluding hydrogens is 340 g/mol. The molecule has 0 saturated carbocycles. The molecule has 0 spiro atoms. The van der Waals surface area contributed by atoms with Crippen molar-refractivity contribution in [3.63, 3.8) is 0 Å². The van der Waals surface area contributed by atoms with Crippen LogP contribution in [0.15, 0.2) is 48.5 Å². The first-order chi connectivity index (χ1) is 13.2. The summed E-state index contributed by atoms with van der Waals surface area (Å²) in [6.07, 6.45) is 3.86. The molecule has 1 amide bonds. The number of nitrogens with one attached hydrogen (secondary N) is 1. The molecule has 2 aromatic rings. The predicted octanol–water partition coefficient (Wildman–Crippen LogP) is 4.48. The highest BCUT2D eigenvalue weighted by Gasteiger charge is 2.19. The Labute approximate surface area is 161 Å². The lowest BCUT2D eigenvalue weighted by Gasteiger charge is -2.28. The number of carbonyl (C=O) groups is 1. The van der Waals surface area contributed by atoms with Crippen molar-refractivity contribution in [2.45, 2.75) is 38.7 Å². The van der Waals surface area contributed by atoms with Crippen LogP contribution in [0.1, 0.15) is 32.6 Å². The maximum Gasteiger partial charge on any atom is 0.265 e. The monoisotopic (exact) mass is 368 g/mol. The van der Waals surface area contributed by atoms with Crippen molar-refractivity contribution in [2.75, 3.05) is 30.4 Å². The number of ether oxygens (including phenoxy) is 2. The molecule has 0 radical (unpaired) electrons. The number of hydrogen-bond donors (Lipinski definition) is 1. The lowest BCUT2D eigenvalue weighted by Crippen LogP contribution is -2.32. The first kappa shape index (κ1) is 19.1. The molecule has 0 bridgehead atoms. The second-order valence-electron chi connectivity index (χ2n) is 6.77. The fraction of sp³-hybridized carbons (Fsp3) is 0.409. The van der Waals surface area contributed by atoms with E-state index in [0.717, 1.165) is 24.5 Å². The molecule has 1 aliphatic rings. The fourth-order valence-corrected chi connectivity index (χ4v) is 3.27. The van der Waals surface area contributed by atoms with Gasteiger partial charge in [0.05, 0.1) is 7.11 Å². The van der Waals surface area contributed by atoms with Crippen molar-refractivity contribution in [3.8, 4) is 11.5 Å². The smallest absolute Gasteiger partial charge is 0.265 e. The molecule has 3 rings (SSSR count). The van der Waals surface area contributed by atoms with Crippen LogP contribution >= 0.6 is 0 Å². The van der Waals surface area contributed by atoms with Gasteiger partial charge in [0.15, 0.2) is 6.10 Å². The standard InChI is InChI=1S/C22H28N2O3/c1-3-21(27-20-13-11-19(26-2)12-14-20)22(25)23-17-7-9-18(10-8-17)24-15-5-4-6-16-24/h7-14,21H,3-6,15-16H2,1-2H3,(H,23,25)/t21-/m1/s1. The number of methoxy groups -OCH3 is 1. The van der Waals surface area contributed by atoms with Crippen LogP contribution in [0.3, 0.4) is 0 Å². The van der Waals surface area contributed by atoms with Gasteiger partial charge in [0.2, 0.25) is 0 Å². The molecule has 1 aliphatic heterocycles. The van der Waals surface area contributed by atoms with Crippen LogP contribution in [0.25, 0.3) is 0 Å². The van der Waals surface area contributed by atoms with E-state index in [4.69, 9.17) is 9.47 Å². The van der Waals surface area contributed by atoms with Crippen molar-refractivity contribution in [2.24, 2.45) is 0 Å². The predicted molar refractivity (Wildman–Crippen MR) is 109 cm³/mol. The summed E-state index contributed by atoms with van der Waals surface area (Å²) in [5, 5.41) is 2.96. The Morgan fingerprint density at radius 1 is 1.00 bits per heavy atom. The minimum Gasteiger partial charge on any atom is -0.497 e. The highest BCUT2D eigenvalue weighted by molar-refractivity contribution is 5.94. The zero-order valence-electron chi connectivity index (χ0n) is 16.1. The normalized spacial score (nSPS) is 15.1. The highest BCUT2D eigenvalue weighted by atomic mass is 16.5. The van der Waals surface area contributed by atoms with Gasteiger partial charge in [0.1, 0.15) is 11.5 Å². The zero-order valence-corrected chi connectivity index (χ0v) is 16.1. The molecule has 1 atom stereocenters. The van der Waals surface area contributed by atoms with Crippen LogP contribution in [0.4, 0.5) is 11.4 Å². The summed E-state index contributed by atoms with van der Waals surface area (Å²) >= 11 is 0. The van der Waals surface area contributed by atoms with Crippen molar-refractivity contribution in [1.82, 2.24) is 0 Å². The van der Waals surface area contributed by atoms with Gasteiger partial charge in [-0.15, -0.1) is 0 Å². The van der Waals surface area contributed by atoms with Gasteiger partial charge >= 0.3 is 0 Å². The van der Waals surface area contributed by atoms with E-state index < -0.39 is 6.10 Å². The molecule has 1 heterocycles. The summed E-state index contributed by atoms with van der Waals surface area (Å²) in [6.45, 7) is 4.16. The Kier molecular flexibility index (Phi) is 6.58. The van der Waals surface area contributed by atoms with Crippen LogP contribution in [-0.2, 0) is 4.79 Å². The van der Waals surface area contributed by atoms with Gasteiger partial charge in [-0.2, -0.15) is 0 Å². The van der Waals surface area contributed by atoms with Crippen molar-refractivity contribution < 1.29 is 14.3 Å². The van der Waals surface area contributed by atoms with E-state index in [1.807, 2.05) is 43.3 Å². The van der Waals surface area contributed by atoms with E-state index in [2.05, 4.69) is 22.3 Å². The SMILES string of the molecule is CC[C@@H](Oc1ccc(OC)cc1)C(=O)Nc1ccc(N2CCCCC2)cc1. The van der Waals surface area contributed by atoms with Crippen LogP contribution < -0.4 is 19.7 Å². The van der Waals surface area contributed by atoms with E-state index in [-0.39, 0.29) is 5.91 Å². The molecule has 27 heavy (non-hydrogen) atoms. The number of hydrogen-bond acceptors (Lipinski definition) is 4. The molecule has 1 saturated heterocycles. The van der Waals surface area contributed by atoms with Crippen molar-refractivity contribution >= 4 is 17.3 Å². The number of carbonyl (C=O) groups excluding carboxylic acids is 1. The summed E-state index contributed by atoms with van der Waals surface area (Å²) in [5.41, 5.74) is 2.01. The average Bonchev–Trinajstić information content (AvgIpc) is 2.73. The van der Waals surface area contributed by atoms with Crippen LogP contribution in [0.5, 0.6) is 11.5 Å². The lowest BCUT2D eigenvalue weighted by molar-refractivity contribution is -0.122. The van der Waals surface area contributed by atoms with E-state index in [0.29, 0.717) is 12.2 Å². The first-order valence-corrected chi connectivity index (χ1v) is 9.66. The molecule has 2 aromatic carbocycles. The number of amides is 1. The molecule has 5 nitrogen and oxygen atoms in total. The van der Waals surface area contributed by atoms with Crippen molar-refractivity contribution in [3.05, 3.63) is 48.5 Å². The maximum absolute atomic E-state index is 12.6. The topological polar surface area (TPSA) is 50.8 Å². The Morgan fingerprint density at radius 2 is 1.63 bits per heavy atom.